The van der Waals surface area contributed by atoms with Gasteiger partial charge in [-0.05, 0) is 42.0 Å². The van der Waals surface area contributed by atoms with Gasteiger partial charge >= 0.3 is 6.18 Å². The highest BCUT2D eigenvalue weighted by molar-refractivity contribution is 6.04. The second kappa shape index (κ2) is 8.27. The molecule has 1 saturated heterocycles. The van der Waals surface area contributed by atoms with Gasteiger partial charge in [0.25, 0.3) is 0 Å². The molecule has 2 aliphatic rings. The van der Waals surface area contributed by atoms with Crippen molar-refractivity contribution in [2.45, 2.75) is 6.18 Å². The van der Waals surface area contributed by atoms with E-state index in [4.69, 9.17) is 14.2 Å². The van der Waals surface area contributed by atoms with E-state index in [0.29, 0.717) is 49.1 Å². The molecule has 2 aromatic carbocycles. The Balaban J connectivity index is 1.54. The van der Waals surface area contributed by atoms with Gasteiger partial charge in [0.05, 0.1) is 30.2 Å². The summed E-state index contributed by atoms with van der Waals surface area (Å²) >= 11 is 0. The number of amides is 1. The first-order valence-electron chi connectivity index (χ1n) is 9.33. The van der Waals surface area contributed by atoms with E-state index in [1.165, 1.54) is 12.1 Å². The van der Waals surface area contributed by atoms with Gasteiger partial charge in [-0.2, -0.15) is 13.2 Å². The number of nitrogens with zero attached hydrogens (tertiary/aromatic N) is 1. The van der Waals surface area contributed by atoms with Crippen molar-refractivity contribution in [2.24, 2.45) is 0 Å². The maximum atomic E-state index is 13.2. The number of carbonyl (C=O) groups excluding carboxylic acids is 1. The monoisotopic (exact) mass is 420 g/mol. The quantitative estimate of drug-likeness (QED) is 0.760. The minimum Gasteiger partial charge on any atom is -0.454 e. The van der Waals surface area contributed by atoms with Gasteiger partial charge < -0.3 is 24.4 Å². The van der Waals surface area contributed by atoms with Crippen molar-refractivity contribution in [3.05, 3.63) is 53.6 Å². The summed E-state index contributed by atoms with van der Waals surface area (Å²) < 4.78 is 55.4. The highest BCUT2D eigenvalue weighted by Crippen LogP contribution is 2.36. The van der Waals surface area contributed by atoms with E-state index in [1.54, 1.807) is 24.3 Å². The fourth-order valence-corrected chi connectivity index (χ4v) is 3.26. The number of morpholine rings is 1. The van der Waals surface area contributed by atoms with E-state index < -0.39 is 17.6 Å². The Labute approximate surface area is 170 Å². The highest BCUT2D eigenvalue weighted by atomic mass is 19.4. The topological polar surface area (TPSA) is 60.0 Å². The molecule has 158 valence electrons. The van der Waals surface area contributed by atoms with Gasteiger partial charge in [-0.3, -0.25) is 4.79 Å². The number of halogens is 3. The summed E-state index contributed by atoms with van der Waals surface area (Å²) in [5.74, 6) is 0.655. The first kappa shape index (κ1) is 20.1. The molecule has 0 radical (unpaired) electrons. The van der Waals surface area contributed by atoms with Crippen LogP contribution in [0.5, 0.6) is 11.5 Å². The maximum absolute atomic E-state index is 13.2. The fourth-order valence-electron chi connectivity index (χ4n) is 3.26. The third-order valence-electron chi connectivity index (χ3n) is 4.76. The molecule has 2 aromatic rings. The maximum Gasteiger partial charge on any atom is 0.416 e. The summed E-state index contributed by atoms with van der Waals surface area (Å²) in [5, 5.41) is 2.58. The summed E-state index contributed by atoms with van der Waals surface area (Å²) in [4.78, 5) is 14.3. The van der Waals surface area contributed by atoms with Gasteiger partial charge in [-0.1, -0.05) is 6.07 Å². The predicted molar refractivity (Wildman–Crippen MR) is 105 cm³/mol. The molecule has 1 fully saturated rings. The molecule has 0 atom stereocenters. The molecule has 4 rings (SSSR count). The van der Waals surface area contributed by atoms with Crippen LogP contribution >= 0.6 is 0 Å². The molecule has 0 aliphatic carbocycles. The zero-order valence-electron chi connectivity index (χ0n) is 15.9. The third kappa shape index (κ3) is 4.51. The Bertz CT molecular complexity index is 969. The molecule has 9 heteroatoms. The van der Waals surface area contributed by atoms with Crippen LogP contribution in [-0.4, -0.2) is 39.0 Å². The largest absolute Gasteiger partial charge is 0.454 e. The van der Waals surface area contributed by atoms with Crippen LogP contribution in [0.25, 0.3) is 6.08 Å². The lowest BCUT2D eigenvalue weighted by Gasteiger charge is -2.30. The normalized spacial score (nSPS) is 16.2. The SMILES string of the molecule is O=C(C=Cc1ccc2c(c1)OCO2)Nc1cc(C(F)(F)F)ccc1N1CCOCC1. The minimum atomic E-state index is -4.51. The van der Waals surface area contributed by atoms with Crippen LogP contribution in [0.15, 0.2) is 42.5 Å². The van der Waals surface area contributed by atoms with Gasteiger partial charge in [0, 0.05) is 19.2 Å². The van der Waals surface area contributed by atoms with Crippen molar-refractivity contribution in [1.29, 1.82) is 0 Å². The predicted octanol–water partition coefficient (Wildman–Crippen LogP) is 3.92. The van der Waals surface area contributed by atoms with Gasteiger partial charge in [0.1, 0.15) is 0 Å². The summed E-state index contributed by atoms with van der Waals surface area (Å²) in [7, 11) is 0. The van der Waals surface area contributed by atoms with Crippen molar-refractivity contribution < 1.29 is 32.2 Å². The molecule has 6 nitrogen and oxygen atoms in total. The highest BCUT2D eigenvalue weighted by Gasteiger charge is 2.31. The van der Waals surface area contributed by atoms with Crippen LogP contribution in [-0.2, 0) is 15.7 Å². The fraction of sp³-hybridized carbons (Fsp3) is 0.286. The van der Waals surface area contributed by atoms with E-state index in [2.05, 4.69) is 5.32 Å². The zero-order valence-corrected chi connectivity index (χ0v) is 15.9. The summed E-state index contributed by atoms with van der Waals surface area (Å²) in [6, 6.07) is 8.55. The van der Waals surface area contributed by atoms with Crippen LogP contribution in [0.1, 0.15) is 11.1 Å². The number of carbonyl (C=O) groups is 1. The minimum absolute atomic E-state index is 0.104. The van der Waals surface area contributed by atoms with Crippen molar-refractivity contribution in [2.75, 3.05) is 43.3 Å². The molecular weight excluding hydrogens is 401 g/mol. The van der Waals surface area contributed by atoms with E-state index in [-0.39, 0.29) is 12.5 Å². The molecule has 1 amide bonds. The van der Waals surface area contributed by atoms with Crippen LogP contribution in [0, 0.1) is 0 Å². The van der Waals surface area contributed by atoms with Crippen LogP contribution in [0.3, 0.4) is 0 Å². The third-order valence-corrected chi connectivity index (χ3v) is 4.76. The molecule has 30 heavy (non-hydrogen) atoms. The van der Waals surface area contributed by atoms with Gasteiger partial charge in [0.2, 0.25) is 12.7 Å². The first-order valence-corrected chi connectivity index (χ1v) is 9.33. The lowest BCUT2D eigenvalue weighted by molar-refractivity contribution is -0.137. The number of nitrogens with one attached hydrogen (secondary N) is 1. The number of fused-ring (bicyclic) bond motifs is 1. The smallest absolute Gasteiger partial charge is 0.416 e. The van der Waals surface area contributed by atoms with Crippen molar-refractivity contribution in [3.8, 4) is 11.5 Å². The lowest BCUT2D eigenvalue weighted by Crippen LogP contribution is -2.36. The van der Waals surface area contributed by atoms with E-state index in [1.807, 2.05) is 4.90 Å². The van der Waals surface area contributed by atoms with E-state index in [9.17, 15) is 18.0 Å². The second-order valence-electron chi connectivity index (χ2n) is 6.76. The van der Waals surface area contributed by atoms with Gasteiger partial charge in [-0.15, -0.1) is 0 Å². The Morgan fingerprint density at radius 1 is 1.03 bits per heavy atom. The van der Waals surface area contributed by atoms with Crippen molar-refractivity contribution >= 4 is 23.4 Å². The number of hydrogen-bond acceptors (Lipinski definition) is 5. The molecule has 0 unspecified atom stereocenters. The summed E-state index contributed by atoms with van der Waals surface area (Å²) in [6.07, 6.45) is -1.69. The van der Waals surface area contributed by atoms with Crippen molar-refractivity contribution in [1.82, 2.24) is 0 Å². The number of anilines is 2. The second-order valence-corrected chi connectivity index (χ2v) is 6.76. The van der Waals surface area contributed by atoms with Gasteiger partial charge in [-0.25, -0.2) is 0 Å². The van der Waals surface area contributed by atoms with E-state index >= 15 is 0 Å². The zero-order chi connectivity index (χ0) is 21.1. The number of alkyl halides is 3. The number of rotatable bonds is 4. The molecule has 1 N–H and O–H groups in total. The Morgan fingerprint density at radius 3 is 2.57 bits per heavy atom. The first-order chi connectivity index (χ1) is 14.4. The molecule has 2 heterocycles. The standard InChI is InChI=1S/C21H19F3N2O4/c22-21(23,24)15-3-4-17(26-7-9-28-10-8-26)16(12-15)25-20(27)6-2-14-1-5-18-19(11-14)30-13-29-18/h1-6,11-12H,7-10,13H2,(H,25,27). The summed E-state index contributed by atoms with van der Waals surface area (Å²) in [5.41, 5.74) is 0.504. The molecular formula is C21H19F3N2O4. The van der Waals surface area contributed by atoms with E-state index in [0.717, 1.165) is 12.1 Å². The van der Waals surface area contributed by atoms with Crippen LogP contribution in [0.4, 0.5) is 24.5 Å². The van der Waals surface area contributed by atoms with Crippen molar-refractivity contribution in [3.63, 3.8) is 0 Å². The molecule has 0 spiro atoms. The van der Waals surface area contributed by atoms with Crippen LogP contribution in [0.2, 0.25) is 0 Å². The average molecular weight is 420 g/mol. The number of ether oxygens (including phenoxy) is 3. The Kier molecular flexibility index (Phi) is 5.54. The number of benzene rings is 2. The van der Waals surface area contributed by atoms with Crippen LogP contribution < -0.4 is 19.7 Å². The Morgan fingerprint density at radius 2 is 1.80 bits per heavy atom. The summed E-state index contributed by atoms with van der Waals surface area (Å²) in [6.45, 7) is 2.14. The molecule has 2 aliphatic heterocycles. The Hall–Kier alpha value is -3.20. The molecule has 0 bridgehead atoms. The van der Waals surface area contributed by atoms with Gasteiger partial charge in [0.15, 0.2) is 11.5 Å². The average Bonchev–Trinajstić information content (AvgIpc) is 3.20. The molecule has 0 saturated carbocycles. The lowest BCUT2D eigenvalue weighted by atomic mass is 10.1. The molecule has 0 aromatic heterocycles. The number of hydrogen-bond donors (Lipinski definition) is 1.